The van der Waals surface area contributed by atoms with Gasteiger partial charge in [-0.15, -0.1) is 0 Å². The summed E-state index contributed by atoms with van der Waals surface area (Å²) in [5, 5.41) is 13.3. The Morgan fingerprint density at radius 3 is 2.77 bits per heavy atom. The maximum atomic E-state index is 8.86. The van der Waals surface area contributed by atoms with E-state index in [1.807, 2.05) is 18.3 Å². The quantitative estimate of drug-likeness (QED) is 0.496. The van der Waals surface area contributed by atoms with Crippen LogP contribution in [0.25, 0.3) is 10.9 Å². The molecule has 154 valence electrons. The third-order valence-corrected chi connectivity index (χ3v) is 5.74. The Labute approximate surface area is 180 Å². The molecule has 7 nitrogen and oxygen atoms in total. The number of H-pyrrole nitrogens is 1. The lowest BCUT2D eigenvalue weighted by Crippen LogP contribution is -2.33. The smallest absolute Gasteiger partial charge is 0.148 e. The van der Waals surface area contributed by atoms with Gasteiger partial charge < -0.3 is 10.3 Å². The van der Waals surface area contributed by atoms with Gasteiger partial charge in [0.1, 0.15) is 17.6 Å². The summed E-state index contributed by atoms with van der Waals surface area (Å²) in [6.45, 7) is 1.93. The summed E-state index contributed by atoms with van der Waals surface area (Å²) in [4.78, 5) is 19.4. The fourth-order valence-corrected chi connectivity index (χ4v) is 4.21. The maximum absolute atomic E-state index is 8.86. The van der Waals surface area contributed by atoms with Gasteiger partial charge in [0.05, 0.1) is 36.0 Å². The molecule has 0 amide bonds. The fourth-order valence-electron chi connectivity index (χ4n) is 4.21. The predicted octanol–water partition coefficient (Wildman–Crippen LogP) is 4.70. The highest BCUT2D eigenvalue weighted by atomic mass is 15.2. The third kappa shape index (κ3) is 4.25. The van der Waals surface area contributed by atoms with E-state index in [4.69, 9.17) is 10.2 Å². The van der Waals surface area contributed by atoms with E-state index >= 15 is 0 Å². The number of nitrogens with zero attached hydrogens (tertiary/aromatic N) is 5. The van der Waals surface area contributed by atoms with Crippen LogP contribution in [0.5, 0.6) is 0 Å². The number of piperidine rings is 1. The molecule has 1 aliphatic rings. The summed E-state index contributed by atoms with van der Waals surface area (Å²) >= 11 is 0. The molecule has 4 aromatic rings. The zero-order chi connectivity index (χ0) is 21.0. The zero-order valence-corrected chi connectivity index (χ0v) is 17.1. The fraction of sp³-hybridized carbons (Fsp3) is 0.250. The number of likely N-dealkylation sites (tertiary alicyclic amines) is 1. The minimum Gasteiger partial charge on any atom is -0.357 e. The predicted molar refractivity (Wildman–Crippen MR) is 120 cm³/mol. The number of para-hydroxylation sites is 1. The van der Waals surface area contributed by atoms with Crippen molar-refractivity contribution in [2.24, 2.45) is 0 Å². The van der Waals surface area contributed by atoms with Crippen LogP contribution in [0.2, 0.25) is 0 Å². The van der Waals surface area contributed by atoms with Gasteiger partial charge in [0.2, 0.25) is 0 Å². The second-order valence-electron chi connectivity index (χ2n) is 7.86. The van der Waals surface area contributed by atoms with Crippen LogP contribution in [0.4, 0.5) is 11.5 Å². The van der Waals surface area contributed by atoms with E-state index in [0.29, 0.717) is 11.5 Å². The molecule has 0 bridgehead atoms. The molecule has 5 rings (SSSR count). The number of hydrogen-bond donors (Lipinski definition) is 2. The molecule has 0 aliphatic carbocycles. The Bertz CT molecular complexity index is 1170. The van der Waals surface area contributed by atoms with Crippen LogP contribution in [-0.4, -0.2) is 31.4 Å². The minimum absolute atomic E-state index is 0.262. The monoisotopic (exact) mass is 409 g/mol. The molecule has 0 unspecified atom stereocenters. The standard InChI is InChI=1S/C24H23N7/c25-12-18-8-9-19(13-26-18)30-24-15-27-22(14-28-24)23-7-3-4-10-31(23)16-20-11-17-5-1-2-6-21(17)29-20/h1-2,5-6,8-9,11,13-15,23,29H,3-4,7,10,16H2,(H,28,30)/t23-/m1/s1. The van der Waals surface area contributed by atoms with Gasteiger partial charge in [0.25, 0.3) is 0 Å². The zero-order valence-electron chi connectivity index (χ0n) is 17.1. The molecule has 1 saturated heterocycles. The molecule has 0 radical (unpaired) electrons. The van der Waals surface area contributed by atoms with E-state index < -0.39 is 0 Å². The van der Waals surface area contributed by atoms with Gasteiger partial charge in [0, 0.05) is 17.8 Å². The number of benzene rings is 1. The van der Waals surface area contributed by atoms with Crippen LogP contribution in [0.15, 0.2) is 61.1 Å². The SMILES string of the molecule is N#Cc1ccc(Nc2cnc([C@H]3CCCCN3Cc3cc4ccccc4[nH]3)cn2)cn1. The topological polar surface area (TPSA) is 93.5 Å². The molecule has 2 N–H and O–H groups in total. The van der Waals surface area contributed by atoms with Gasteiger partial charge >= 0.3 is 0 Å². The highest BCUT2D eigenvalue weighted by Gasteiger charge is 2.25. The number of aromatic amines is 1. The van der Waals surface area contributed by atoms with Crippen LogP contribution in [-0.2, 0) is 6.54 Å². The van der Waals surface area contributed by atoms with Crippen molar-refractivity contribution in [2.45, 2.75) is 31.8 Å². The van der Waals surface area contributed by atoms with Crippen LogP contribution < -0.4 is 5.32 Å². The van der Waals surface area contributed by atoms with E-state index in [0.717, 1.165) is 30.9 Å². The average Bonchev–Trinajstić information content (AvgIpc) is 3.23. The first-order valence-electron chi connectivity index (χ1n) is 10.5. The summed E-state index contributed by atoms with van der Waals surface area (Å²) in [6.07, 6.45) is 8.75. The third-order valence-electron chi connectivity index (χ3n) is 5.74. The van der Waals surface area contributed by atoms with Crippen molar-refractivity contribution in [3.05, 3.63) is 78.1 Å². The molecule has 4 heterocycles. The normalized spacial score (nSPS) is 16.8. The summed E-state index contributed by atoms with van der Waals surface area (Å²) in [5.74, 6) is 0.660. The van der Waals surface area contributed by atoms with Crippen LogP contribution in [0.3, 0.4) is 0 Å². The van der Waals surface area contributed by atoms with Gasteiger partial charge in [0.15, 0.2) is 0 Å². The van der Waals surface area contributed by atoms with Gasteiger partial charge in [-0.2, -0.15) is 5.26 Å². The second-order valence-corrected chi connectivity index (χ2v) is 7.86. The average molecular weight is 409 g/mol. The number of anilines is 2. The molecule has 1 atom stereocenters. The van der Waals surface area contributed by atoms with Gasteiger partial charge in [-0.3, -0.25) is 9.88 Å². The summed E-state index contributed by atoms with van der Waals surface area (Å²) < 4.78 is 0. The van der Waals surface area contributed by atoms with Crippen LogP contribution in [0, 0.1) is 11.3 Å². The lowest BCUT2D eigenvalue weighted by atomic mass is 9.99. The maximum Gasteiger partial charge on any atom is 0.148 e. The lowest BCUT2D eigenvalue weighted by molar-refractivity contribution is 0.135. The molecule has 1 aromatic carbocycles. The van der Waals surface area contributed by atoms with Crippen molar-refractivity contribution in [2.75, 3.05) is 11.9 Å². The number of fused-ring (bicyclic) bond motifs is 1. The molecular weight excluding hydrogens is 386 g/mol. The molecule has 3 aromatic heterocycles. The van der Waals surface area contributed by atoms with Crippen molar-refractivity contribution in [3.8, 4) is 6.07 Å². The number of nitrogens with one attached hydrogen (secondary N) is 2. The largest absolute Gasteiger partial charge is 0.357 e. The first-order valence-corrected chi connectivity index (χ1v) is 10.5. The summed E-state index contributed by atoms with van der Waals surface area (Å²) in [5.41, 5.74) is 4.57. The molecule has 1 fully saturated rings. The number of nitriles is 1. The molecule has 1 aliphatic heterocycles. The van der Waals surface area contributed by atoms with Crippen molar-refractivity contribution in [3.63, 3.8) is 0 Å². The van der Waals surface area contributed by atoms with E-state index in [1.165, 1.54) is 29.4 Å². The van der Waals surface area contributed by atoms with Crippen molar-refractivity contribution in [1.82, 2.24) is 24.8 Å². The second kappa shape index (κ2) is 8.54. The van der Waals surface area contributed by atoms with E-state index in [-0.39, 0.29) is 6.04 Å². The van der Waals surface area contributed by atoms with Crippen molar-refractivity contribution < 1.29 is 0 Å². The molecule has 0 saturated carbocycles. The Balaban J connectivity index is 1.30. The van der Waals surface area contributed by atoms with Gasteiger partial charge in [-0.25, -0.2) is 9.97 Å². The van der Waals surface area contributed by atoms with E-state index in [9.17, 15) is 0 Å². The van der Waals surface area contributed by atoms with Crippen molar-refractivity contribution in [1.29, 1.82) is 5.26 Å². The van der Waals surface area contributed by atoms with Crippen LogP contribution in [0.1, 0.15) is 42.4 Å². The molecule has 31 heavy (non-hydrogen) atoms. The first-order chi connectivity index (χ1) is 15.3. The Morgan fingerprint density at radius 1 is 1.06 bits per heavy atom. The van der Waals surface area contributed by atoms with Crippen molar-refractivity contribution >= 4 is 22.4 Å². The lowest BCUT2D eigenvalue weighted by Gasteiger charge is -2.34. The molecular formula is C24H23N7. The highest BCUT2D eigenvalue weighted by molar-refractivity contribution is 5.80. The molecule has 7 heteroatoms. The number of hydrogen-bond acceptors (Lipinski definition) is 6. The minimum atomic E-state index is 0.262. The summed E-state index contributed by atoms with van der Waals surface area (Å²) in [6, 6.07) is 16.4. The Morgan fingerprint density at radius 2 is 2.00 bits per heavy atom. The number of aromatic nitrogens is 4. The summed E-state index contributed by atoms with van der Waals surface area (Å²) in [7, 11) is 0. The van der Waals surface area contributed by atoms with Gasteiger partial charge in [-0.05, 0) is 49.0 Å². The van der Waals surface area contributed by atoms with Crippen LogP contribution >= 0.6 is 0 Å². The number of pyridine rings is 1. The Kier molecular flexibility index (Phi) is 5.29. The molecule has 0 spiro atoms. The number of rotatable bonds is 5. The Hall–Kier alpha value is -3.76. The highest BCUT2D eigenvalue weighted by Crippen LogP contribution is 2.31. The first kappa shape index (κ1) is 19.2. The van der Waals surface area contributed by atoms with Gasteiger partial charge in [-0.1, -0.05) is 24.6 Å². The van der Waals surface area contributed by atoms with E-state index in [1.54, 1.807) is 18.5 Å². The van der Waals surface area contributed by atoms with E-state index in [2.05, 4.69) is 55.5 Å².